The molecule has 0 saturated heterocycles. The molecule has 2 aromatic carbocycles. The fraction of sp³-hybridized carbons (Fsp3) is 0.250. The van der Waals surface area contributed by atoms with E-state index >= 15 is 0 Å². The minimum absolute atomic E-state index is 0.0628. The van der Waals surface area contributed by atoms with E-state index in [0.717, 1.165) is 29.1 Å². The number of carbonyl (C=O) groups is 1. The monoisotopic (exact) mass is 383 g/mol. The first-order chi connectivity index (χ1) is 13.2. The summed E-state index contributed by atoms with van der Waals surface area (Å²) in [6, 6.07) is 14.8. The summed E-state index contributed by atoms with van der Waals surface area (Å²) in [7, 11) is 0. The van der Waals surface area contributed by atoms with Crippen molar-refractivity contribution in [3.05, 3.63) is 54.1 Å². The summed E-state index contributed by atoms with van der Waals surface area (Å²) in [6.45, 7) is 2.78. The molecule has 140 valence electrons. The molecule has 1 amide bonds. The Morgan fingerprint density at radius 3 is 2.74 bits per heavy atom. The molecule has 3 rings (SSSR count). The lowest BCUT2D eigenvalue weighted by atomic mass is 10.2. The van der Waals surface area contributed by atoms with Gasteiger partial charge in [-0.1, -0.05) is 24.5 Å². The number of benzene rings is 2. The van der Waals surface area contributed by atoms with Gasteiger partial charge in [0.1, 0.15) is 5.75 Å². The van der Waals surface area contributed by atoms with Gasteiger partial charge in [0.15, 0.2) is 0 Å². The predicted octanol–water partition coefficient (Wildman–Crippen LogP) is 4.89. The second kappa shape index (κ2) is 9.23. The summed E-state index contributed by atoms with van der Waals surface area (Å²) in [4.78, 5) is 13.4. The highest BCUT2D eigenvalue weighted by Gasteiger charge is 2.13. The van der Waals surface area contributed by atoms with Gasteiger partial charge in [0.2, 0.25) is 5.89 Å². The third-order valence-corrected chi connectivity index (χ3v) is 4.57. The van der Waals surface area contributed by atoms with E-state index in [4.69, 9.17) is 9.15 Å². The van der Waals surface area contributed by atoms with Gasteiger partial charge in [-0.3, -0.25) is 10.1 Å². The van der Waals surface area contributed by atoms with Crippen molar-refractivity contribution in [2.45, 2.75) is 24.7 Å². The number of nitrogens with zero attached hydrogens (tertiary/aromatic N) is 2. The van der Waals surface area contributed by atoms with Gasteiger partial charge in [0.25, 0.3) is 5.91 Å². The van der Waals surface area contributed by atoms with Gasteiger partial charge >= 0.3 is 6.01 Å². The molecule has 0 aliphatic heterocycles. The maximum absolute atomic E-state index is 12.3. The average Bonchev–Trinajstić information content (AvgIpc) is 3.17. The zero-order chi connectivity index (χ0) is 19.1. The Labute approximate surface area is 162 Å². The molecule has 0 saturated carbocycles. The number of hydrogen-bond acceptors (Lipinski definition) is 6. The van der Waals surface area contributed by atoms with Gasteiger partial charge < -0.3 is 9.15 Å². The lowest BCUT2D eigenvalue weighted by molar-refractivity contribution is 0.102. The summed E-state index contributed by atoms with van der Waals surface area (Å²) in [6.07, 6.45) is 4.08. The van der Waals surface area contributed by atoms with Crippen LogP contribution in [0.25, 0.3) is 11.5 Å². The highest BCUT2D eigenvalue weighted by Crippen LogP contribution is 2.24. The lowest BCUT2D eigenvalue weighted by Gasteiger charge is -2.06. The van der Waals surface area contributed by atoms with Gasteiger partial charge in [-0.25, -0.2) is 0 Å². The van der Waals surface area contributed by atoms with Gasteiger partial charge in [0, 0.05) is 16.0 Å². The molecular weight excluding hydrogens is 362 g/mol. The van der Waals surface area contributed by atoms with E-state index in [0.29, 0.717) is 18.1 Å². The fourth-order valence-corrected chi connectivity index (χ4v) is 2.81. The molecule has 0 radical (unpaired) electrons. The molecule has 6 nitrogen and oxygen atoms in total. The van der Waals surface area contributed by atoms with Crippen LogP contribution in [0.2, 0.25) is 0 Å². The van der Waals surface area contributed by atoms with Crippen LogP contribution in [0.15, 0.2) is 57.8 Å². The first kappa shape index (κ1) is 19.0. The van der Waals surface area contributed by atoms with E-state index in [9.17, 15) is 4.79 Å². The number of anilines is 1. The molecule has 0 aliphatic rings. The maximum atomic E-state index is 12.3. The van der Waals surface area contributed by atoms with Crippen molar-refractivity contribution in [1.29, 1.82) is 0 Å². The number of unbranched alkanes of at least 4 members (excludes halogenated alkanes) is 1. The maximum Gasteiger partial charge on any atom is 0.322 e. The molecule has 1 N–H and O–H groups in total. The van der Waals surface area contributed by atoms with Crippen LogP contribution in [-0.2, 0) is 0 Å². The third kappa shape index (κ3) is 5.10. The SMILES string of the molecule is CCCCOc1ccc(C(=O)Nc2nnc(-c3cccc(SC)c3)o2)cc1. The van der Waals surface area contributed by atoms with Crippen molar-refractivity contribution < 1.29 is 13.9 Å². The van der Waals surface area contributed by atoms with Crippen molar-refractivity contribution in [3.63, 3.8) is 0 Å². The highest BCUT2D eigenvalue weighted by molar-refractivity contribution is 7.98. The normalized spacial score (nSPS) is 10.6. The van der Waals surface area contributed by atoms with E-state index in [1.54, 1.807) is 36.0 Å². The van der Waals surface area contributed by atoms with E-state index in [2.05, 4.69) is 22.4 Å². The molecule has 1 aromatic heterocycles. The van der Waals surface area contributed by atoms with Crippen LogP contribution < -0.4 is 10.1 Å². The third-order valence-electron chi connectivity index (χ3n) is 3.85. The molecule has 3 aromatic rings. The van der Waals surface area contributed by atoms with Crippen molar-refractivity contribution in [1.82, 2.24) is 10.2 Å². The Morgan fingerprint density at radius 1 is 1.19 bits per heavy atom. The number of ether oxygens (including phenoxy) is 1. The Kier molecular flexibility index (Phi) is 6.49. The molecule has 0 bridgehead atoms. The number of carbonyl (C=O) groups excluding carboxylic acids is 1. The summed E-state index contributed by atoms with van der Waals surface area (Å²) in [5.74, 6) is 0.790. The molecule has 7 heteroatoms. The van der Waals surface area contributed by atoms with Crippen LogP contribution in [0, 0.1) is 0 Å². The van der Waals surface area contributed by atoms with Gasteiger partial charge in [-0.15, -0.1) is 16.9 Å². The number of thioether (sulfide) groups is 1. The standard InChI is InChI=1S/C20H21N3O3S/c1-3-4-12-25-16-10-8-14(9-11-16)18(24)21-20-23-22-19(26-20)15-6-5-7-17(13-15)27-2/h5-11,13H,3-4,12H2,1-2H3,(H,21,23,24). The van der Waals surface area contributed by atoms with E-state index in [-0.39, 0.29) is 11.9 Å². The van der Waals surface area contributed by atoms with Crippen molar-refractivity contribution >= 4 is 23.7 Å². The van der Waals surface area contributed by atoms with Crippen molar-refractivity contribution in [3.8, 4) is 17.2 Å². The van der Waals surface area contributed by atoms with E-state index < -0.39 is 0 Å². The number of aromatic nitrogens is 2. The Balaban J connectivity index is 1.63. The van der Waals surface area contributed by atoms with Crippen LogP contribution >= 0.6 is 11.8 Å². The second-order valence-corrected chi connectivity index (χ2v) is 6.70. The molecule has 0 fully saturated rings. The quantitative estimate of drug-likeness (QED) is 0.441. The number of hydrogen-bond donors (Lipinski definition) is 1. The second-order valence-electron chi connectivity index (χ2n) is 5.82. The van der Waals surface area contributed by atoms with Crippen LogP contribution in [-0.4, -0.2) is 29.0 Å². The Morgan fingerprint density at radius 2 is 2.00 bits per heavy atom. The molecular formula is C20H21N3O3S. The molecule has 0 unspecified atom stereocenters. The zero-order valence-electron chi connectivity index (χ0n) is 15.3. The Bertz CT molecular complexity index is 893. The van der Waals surface area contributed by atoms with Crippen molar-refractivity contribution in [2.75, 3.05) is 18.2 Å². The van der Waals surface area contributed by atoms with Crippen LogP contribution in [0.1, 0.15) is 30.1 Å². The first-order valence-electron chi connectivity index (χ1n) is 8.71. The lowest BCUT2D eigenvalue weighted by Crippen LogP contribution is -2.12. The van der Waals surface area contributed by atoms with Crippen LogP contribution in [0.3, 0.4) is 0 Å². The summed E-state index contributed by atoms with van der Waals surface area (Å²) < 4.78 is 11.2. The summed E-state index contributed by atoms with van der Waals surface area (Å²) in [5.41, 5.74) is 1.30. The highest BCUT2D eigenvalue weighted by atomic mass is 32.2. The topological polar surface area (TPSA) is 77.2 Å². The first-order valence-corrected chi connectivity index (χ1v) is 9.94. The van der Waals surface area contributed by atoms with Crippen molar-refractivity contribution in [2.24, 2.45) is 0 Å². The number of rotatable bonds is 8. The number of nitrogens with one attached hydrogen (secondary N) is 1. The minimum atomic E-state index is -0.317. The van der Waals surface area contributed by atoms with Crippen LogP contribution in [0.4, 0.5) is 6.01 Å². The summed E-state index contributed by atoms with van der Waals surface area (Å²) in [5, 5.41) is 10.5. The molecule has 0 spiro atoms. The van der Waals surface area contributed by atoms with Gasteiger partial charge in [0.05, 0.1) is 6.61 Å². The molecule has 0 aliphatic carbocycles. The van der Waals surface area contributed by atoms with E-state index in [1.165, 1.54) is 0 Å². The Hall–Kier alpha value is -2.80. The average molecular weight is 383 g/mol. The van der Waals surface area contributed by atoms with Gasteiger partial charge in [-0.05, 0) is 55.1 Å². The smallest absolute Gasteiger partial charge is 0.322 e. The molecule has 1 heterocycles. The van der Waals surface area contributed by atoms with Gasteiger partial charge in [-0.2, -0.15) is 0 Å². The molecule has 27 heavy (non-hydrogen) atoms. The zero-order valence-corrected chi connectivity index (χ0v) is 16.1. The number of amides is 1. The van der Waals surface area contributed by atoms with E-state index in [1.807, 2.05) is 30.5 Å². The fourth-order valence-electron chi connectivity index (χ4n) is 2.35. The predicted molar refractivity (Wildman–Crippen MR) is 106 cm³/mol. The summed E-state index contributed by atoms with van der Waals surface area (Å²) >= 11 is 1.63. The molecule has 0 atom stereocenters. The van der Waals surface area contributed by atoms with Crippen LogP contribution in [0.5, 0.6) is 5.75 Å². The largest absolute Gasteiger partial charge is 0.494 e. The minimum Gasteiger partial charge on any atom is -0.494 e.